The van der Waals surface area contributed by atoms with Gasteiger partial charge in [-0.15, -0.1) is 0 Å². The van der Waals surface area contributed by atoms with Gasteiger partial charge in [-0.05, 0) is 45.0 Å². The van der Waals surface area contributed by atoms with Crippen LogP contribution < -0.4 is 5.32 Å². The molecule has 0 saturated carbocycles. The van der Waals surface area contributed by atoms with Crippen LogP contribution in [0.2, 0.25) is 0 Å². The van der Waals surface area contributed by atoms with Gasteiger partial charge in [-0.3, -0.25) is 4.98 Å². The van der Waals surface area contributed by atoms with Gasteiger partial charge < -0.3 is 9.84 Å². The third-order valence-electron chi connectivity index (χ3n) is 1.82. The number of rotatable bonds is 3. The molecule has 0 fully saturated rings. The van der Waals surface area contributed by atoms with Gasteiger partial charge in [0.2, 0.25) is 11.7 Å². The largest absolute Gasteiger partial charge is 0.337 e. The lowest BCUT2D eigenvalue weighted by atomic mass is 10.3. The summed E-state index contributed by atoms with van der Waals surface area (Å²) in [4.78, 5) is 8.44. The van der Waals surface area contributed by atoms with Crippen molar-refractivity contribution >= 4 is 31.9 Å². The zero-order valence-electron chi connectivity index (χ0n) is 8.37. The number of halogens is 2. The van der Waals surface area contributed by atoms with Crippen molar-refractivity contribution in [1.82, 2.24) is 20.4 Å². The highest BCUT2D eigenvalue weighted by molar-refractivity contribution is 9.11. The van der Waals surface area contributed by atoms with E-state index in [1.54, 1.807) is 6.20 Å². The summed E-state index contributed by atoms with van der Waals surface area (Å²) in [6.07, 6.45) is 1.69. The molecule has 7 heteroatoms. The van der Waals surface area contributed by atoms with E-state index in [4.69, 9.17) is 4.52 Å². The second-order valence-corrected chi connectivity index (χ2v) is 4.80. The molecule has 1 N–H and O–H groups in total. The molecule has 0 aliphatic heterocycles. The van der Waals surface area contributed by atoms with Crippen LogP contribution in [0.15, 0.2) is 25.7 Å². The smallest absolute Gasteiger partial charge is 0.240 e. The van der Waals surface area contributed by atoms with Crippen LogP contribution in [-0.4, -0.2) is 22.2 Å². The van der Waals surface area contributed by atoms with Crippen molar-refractivity contribution < 1.29 is 4.52 Å². The predicted octanol–water partition coefficient (Wildman–Crippen LogP) is 2.38. The van der Waals surface area contributed by atoms with E-state index < -0.39 is 0 Å². The van der Waals surface area contributed by atoms with Gasteiger partial charge in [0.25, 0.3) is 0 Å². The summed E-state index contributed by atoms with van der Waals surface area (Å²) in [5, 5.41) is 6.80. The zero-order valence-corrected chi connectivity index (χ0v) is 11.5. The van der Waals surface area contributed by atoms with E-state index in [2.05, 4.69) is 52.3 Å². The third kappa shape index (κ3) is 2.47. The van der Waals surface area contributed by atoms with E-state index in [1.165, 1.54) is 0 Å². The quantitative estimate of drug-likeness (QED) is 0.923. The van der Waals surface area contributed by atoms with Crippen molar-refractivity contribution in [3.63, 3.8) is 0 Å². The highest BCUT2D eigenvalue weighted by Crippen LogP contribution is 2.26. The van der Waals surface area contributed by atoms with Crippen molar-refractivity contribution in [2.75, 3.05) is 7.05 Å². The molecule has 0 aromatic carbocycles. The molecule has 2 rings (SSSR count). The molecule has 0 aliphatic carbocycles. The first-order valence-electron chi connectivity index (χ1n) is 4.49. The minimum absolute atomic E-state index is 0.477. The average molecular weight is 348 g/mol. The average Bonchev–Trinajstić information content (AvgIpc) is 2.67. The van der Waals surface area contributed by atoms with Crippen LogP contribution in [0.3, 0.4) is 0 Å². The SMILES string of the molecule is CNCc1nc(-c2ncc(Br)cc2Br)no1. The highest BCUT2D eigenvalue weighted by atomic mass is 79.9. The van der Waals surface area contributed by atoms with Crippen molar-refractivity contribution in [2.24, 2.45) is 0 Å². The first-order chi connectivity index (χ1) is 7.70. The number of aromatic nitrogens is 3. The van der Waals surface area contributed by atoms with Crippen LogP contribution in [0.5, 0.6) is 0 Å². The van der Waals surface area contributed by atoms with Gasteiger partial charge in [-0.1, -0.05) is 5.16 Å². The van der Waals surface area contributed by atoms with Crippen LogP contribution in [-0.2, 0) is 6.54 Å². The minimum atomic E-state index is 0.477. The summed E-state index contributed by atoms with van der Waals surface area (Å²) in [7, 11) is 1.82. The predicted molar refractivity (Wildman–Crippen MR) is 65.7 cm³/mol. The fourth-order valence-electron chi connectivity index (χ4n) is 1.15. The Bertz CT molecular complexity index is 500. The molecule has 0 spiro atoms. The van der Waals surface area contributed by atoms with Crippen molar-refractivity contribution in [3.8, 4) is 11.5 Å². The Morgan fingerprint density at radius 2 is 2.25 bits per heavy atom. The summed E-state index contributed by atoms with van der Waals surface area (Å²) >= 11 is 6.73. The molecule has 0 atom stereocenters. The Kier molecular flexibility index (Phi) is 3.67. The summed E-state index contributed by atoms with van der Waals surface area (Å²) in [6, 6.07) is 1.89. The maximum atomic E-state index is 5.05. The summed E-state index contributed by atoms with van der Waals surface area (Å²) in [6.45, 7) is 0.543. The van der Waals surface area contributed by atoms with Crippen LogP contribution >= 0.6 is 31.9 Å². The minimum Gasteiger partial charge on any atom is -0.337 e. The maximum absolute atomic E-state index is 5.05. The van der Waals surface area contributed by atoms with Gasteiger partial charge in [0.15, 0.2) is 0 Å². The number of nitrogens with zero attached hydrogens (tertiary/aromatic N) is 3. The van der Waals surface area contributed by atoms with Crippen LogP contribution in [0.4, 0.5) is 0 Å². The zero-order chi connectivity index (χ0) is 11.5. The Morgan fingerprint density at radius 3 is 2.94 bits per heavy atom. The molecule has 2 aromatic heterocycles. The van der Waals surface area contributed by atoms with Crippen LogP contribution in [0.25, 0.3) is 11.5 Å². The van der Waals surface area contributed by atoms with E-state index >= 15 is 0 Å². The Labute approximate surface area is 109 Å². The molecule has 2 heterocycles. The molecular weight excluding hydrogens is 340 g/mol. The van der Waals surface area contributed by atoms with Gasteiger partial charge in [0, 0.05) is 15.1 Å². The molecular formula is C9H8Br2N4O. The standard InChI is InChI=1S/C9H8Br2N4O/c1-12-4-7-14-9(15-16-7)8-6(11)2-5(10)3-13-8/h2-3,12H,4H2,1H3. The van der Waals surface area contributed by atoms with E-state index in [0.29, 0.717) is 24.0 Å². The topological polar surface area (TPSA) is 63.8 Å². The van der Waals surface area contributed by atoms with Crippen LogP contribution in [0, 0.1) is 0 Å². The number of hydrogen-bond donors (Lipinski definition) is 1. The summed E-state index contributed by atoms with van der Waals surface area (Å²) < 4.78 is 6.76. The Balaban J connectivity index is 2.35. The normalized spacial score (nSPS) is 10.7. The summed E-state index contributed by atoms with van der Waals surface area (Å²) in [5.74, 6) is 1.01. The number of hydrogen-bond acceptors (Lipinski definition) is 5. The second kappa shape index (κ2) is 5.03. The summed E-state index contributed by atoms with van der Waals surface area (Å²) in [5.41, 5.74) is 0.661. The van der Waals surface area contributed by atoms with Crippen molar-refractivity contribution in [2.45, 2.75) is 6.54 Å². The van der Waals surface area contributed by atoms with Crippen molar-refractivity contribution in [1.29, 1.82) is 0 Å². The molecule has 0 saturated heterocycles. The lowest BCUT2D eigenvalue weighted by molar-refractivity contribution is 0.372. The number of pyridine rings is 1. The number of nitrogens with one attached hydrogen (secondary N) is 1. The Hall–Kier alpha value is -0.790. The van der Waals surface area contributed by atoms with Gasteiger partial charge in [0.05, 0.1) is 6.54 Å². The Morgan fingerprint density at radius 1 is 1.44 bits per heavy atom. The fraction of sp³-hybridized carbons (Fsp3) is 0.222. The lowest BCUT2D eigenvalue weighted by Crippen LogP contribution is -2.04. The van der Waals surface area contributed by atoms with Crippen molar-refractivity contribution in [3.05, 3.63) is 27.1 Å². The molecule has 5 nitrogen and oxygen atoms in total. The van der Waals surface area contributed by atoms with E-state index in [9.17, 15) is 0 Å². The first-order valence-corrected chi connectivity index (χ1v) is 6.08. The van der Waals surface area contributed by atoms with Gasteiger partial charge in [-0.2, -0.15) is 4.98 Å². The van der Waals surface area contributed by atoms with Gasteiger partial charge >= 0.3 is 0 Å². The van der Waals surface area contributed by atoms with Gasteiger partial charge in [-0.25, -0.2) is 0 Å². The fourth-order valence-corrected chi connectivity index (χ4v) is 2.32. The molecule has 0 unspecified atom stereocenters. The molecule has 0 radical (unpaired) electrons. The van der Waals surface area contributed by atoms with Crippen LogP contribution in [0.1, 0.15) is 5.89 Å². The highest BCUT2D eigenvalue weighted by Gasteiger charge is 2.12. The van der Waals surface area contributed by atoms with E-state index in [0.717, 1.165) is 8.95 Å². The molecule has 0 bridgehead atoms. The second-order valence-electron chi connectivity index (χ2n) is 3.03. The molecule has 16 heavy (non-hydrogen) atoms. The molecule has 0 amide bonds. The molecule has 2 aromatic rings. The monoisotopic (exact) mass is 346 g/mol. The molecule has 0 aliphatic rings. The van der Waals surface area contributed by atoms with Gasteiger partial charge in [0.1, 0.15) is 5.69 Å². The van der Waals surface area contributed by atoms with E-state index in [-0.39, 0.29) is 0 Å². The molecule has 84 valence electrons. The maximum Gasteiger partial charge on any atom is 0.240 e. The third-order valence-corrected chi connectivity index (χ3v) is 2.85. The van der Waals surface area contributed by atoms with E-state index in [1.807, 2.05) is 13.1 Å². The first kappa shape index (κ1) is 11.7. The lowest BCUT2D eigenvalue weighted by Gasteiger charge is -1.97.